The summed E-state index contributed by atoms with van der Waals surface area (Å²) >= 11 is 2.99. The molecular formula is C17H21N3O2S2. The van der Waals surface area contributed by atoms with Crippen LogP contribution in [0, 0.1) is 5.92 Å². The van der Waals surface area contributed by atoms with Crippen molar-refractivity contribution in [2.24, 2.45) is 5.92 Å². The van der Waals surface area contributed by atoms with Crippen molar-refractivity contribution in [1.29, 1.82) is 0 Å². The lowest BCUT2D eigenvalue weighted by Crippen LogP contribution is -2.62. The number of carbonyl (C=O) groups excluding carboxylic acids is 1. The van der Waals surface area contributed by atoms with Gasteiger partial charge in [-0.2, -0.15) is 0 Å². The maximum absolute atomic E-state index is 12.7. The topological polar surface area (TPSA) is 54.5 Å². The molecule has 2 aromatic rings. The molecule has 24 heavy (non-hydrogen) atoms. The number of nitrogens with zero attached hydrogens (tertiary/aromatic N) is 2. The van der Waals surface area contributed by atoms with Crippen LogP contribution in [0.5, 0.6) is 5.06 Å². The number of rotatable bonds is 4. The first-order valence-electron chi connectivity index (χ1n) is 8.30. The number of ether oxygens (including phenoxy) is 1. The zero-order valence-corrected chi connectivity index (χ0v) is 15.5. The molecule has 128 valence electrons. The molecule has 5 rings (SSSR count). The fourth-order valence-corrected chi connectivity index (χ4v) is 5.51. The number of amides is 1. The molecular weight excluding hydrogens is 342 g/mol. The van der Waals surface area contributed by atoms with Crippen LogP contribution in [0.3, 0.4) is 0 Å². The van der Waals surface area contributed by atoms with Gasteiger partial charge in [-0.1, -0.05) is 11.3 Å². The molecule has 2 aromatic heterocycles. The highest BCUT2D eigenvalue weighted by Crippen LogP contribution is 2.35. The number of carbonyl (C=O) groups is 1. The monoisotopic (exact) mass is 363 g/mol. The van der Waals surface area contributed by atoms with Gasteiger partial charge < -0.3 is 10.1 Å². The SMILES string of the molecule is COc1cnc(-c2ccc(C(=O)N[C@@H]3C4CCN(CC4)[C@H]3C)s2)s1. The van der Waals surface area contributed by atoms with Crippen molar-refractivity contribution in [3.05, 3.63) is 23.2 Å². The molecule has 0 radical (unpaired) electrons. The Balaban J connectivity index is 1.47. The number of hydrogen-bond acceptors (Lipinski definition) is 6. The average molecular weight is 364 g/mol. The van der Waals surface area contributed by atoms with E-state index in [1.54, 1.807) is 13.3 Å². The average Bonchev–Trinajstić information content (AvgIpc) is 3.27. The van der Waals surface area contributed by atoms with Crippen molar-refractivity contribution in [3.63, 3.8) is 0 Å². The third-order valence-corrected chi connectivity index (χ3v) is 7.41. The van der Waals surface area contributed by atoms with Crippen LogP contribution in [0.15, 0.2) is 18.3 Å². The fourth-order valence-electron chi connectivity index (χ4n) is 3.81. The van der Waals surface area contributed by atoms with Crippen LogP contribution in [0.2, 0.25) is 0 Å². The van der Waals surface area contributed by atoms with Crippen molar-refractivity contribution in [1.82, 2.24) is 15.2 Å². The molecule has 0 saturated carbocycles. The molecule has 0 aliphatic carbocycles. The molecule has 0 spiro atoms. The van der Waals surface area contributed by atoms with Gasteiger partial charge in [0.1, 0.15) is 5.01 Å². The smallest absolute Gasteiger partial charge is 0.261 e. The lowest BCUT2D eigenvalue weighted by Gasteiger charge is -2.49. The Morgan fingerprint density at radius 1 is 1.33 bits per heavy atom. The number of fused-ring (bicyclic) bond motifs is 3. The van der Waals surface area contributed by atoms with E-state index < -0.39 is 0 Å². The molecule has 1 amide bonds. The lowest BCUT2D eigenvalue weighted by molar-refractivity contribution is 0.0218. The van der Waals surface area contributed by atoms with E-state index in [0.717, 1.165) is 19.8 Å². The number of hydrogen-bond donors (Lipinski definition) is 1. The Kier molecular flexibility index (Phi) is 4.32. The zero-order chi connectivity index (χ0) is 16.7. The maximum Gasteiger partial charge on any atom is 0.261 e. The maximum atomic E-state index is 12.7. The molecule has 7 heteroatoms. The van der Waals surface area contributed by atoms with Gasteiger partial charge in [0, 0.05) is 12.1 Å². The number of thiazole rings is 1. The van der Waals surface area contributed by atoms with E-state index in [0.29, 0.717) is 12.0 Å². The normalized spacial score (nSPS) is 28.8. The van der Waals surface area contributed by atoms with Gasteiger partial charge in [0.2, 0.25) is 0 Å². The van der Waals surface area contributed by atoms with Gasteiger partial charge in [-0.3, -0.25) is 9.69 Å². The van der Waals surface area contributed by atoms with Gasteiger partial charge >= 0.3 is 0 Å². The third kappa shape index (κ3) is 2.85. The highest BCUT2D eigenvalue weighted by Gasteiger charge is 2.40. The molecule has 3 fully saturated rings. The van der Waals surface area contributed by atoms with Crippen LogP contribution in [0.25, 0.3) is 9.88 Å². The van der Waals surface area contributed by atoms with Crippen LogP contribution in [-0.4, -0.2) is 48.1 Å². The Bertz CT molecular complexity index is 732. The highest BCUT2D eigenvalue weighted by atomic mass is 32.1. The summed E-state index contributed by atoms with van der Waals surface area (Å²) in [6.07, 6.45) is 4.11. The number of aromatic nitrogens is 1. The molecule has 2 bridgehead atoms. The first kappa shape index (κ1) is 16.1. The number of thiophene rings is 1. The van der Waals surface area contributed by atoms with Gasteiger partial charge in [0.15, 0.2) is 5.06 Å². The summed E-state index contributed by atoms with van der Waals surface area (Å²) in [5.74, 6) is 0.664. The molecule has 3 saturated heterocycles. The van der Waals surface area contributed by atoms with E-state index in [2.05, 4.69) is 22.1 Å². The van der Waals surface area contributed by atoms with Crippen molar-refractivity contribution >= 4 is 28.6 Å². The summed E-state index contributed by atoms with van der Waals surface area (Å²) in [5, 5.41) is 4.96. The van der Waals surface area contributed by atoms with Crippen LogP contribution in [-0.2, 0) is 0 Å². The Labute approximate surface area is 149 Å². The highest BCUT2D eigenvalue weighted by molar-refractivity contribution is 7.23. The van der Waals surface area contributed by atoms with E-state index >= 15 is 0 Å². The first-order chi connectivity index (χ1) is 11.7. The van der Waals surface area contributed by atoms with Crippen LogP contribution in [0.1, 0.15) is 29.4 Å². The van der Waals surface area contributed by atoms with Crippen molar-refractivity contribution in [2.75, 3.05) is 20.2 Å². The Morgan fingerprint density at radius 2 is 2.12 bits per heavy atom. The fraction of sp³-hybridized carbons (Fsp3) is 0.529. The minimum Gasteiger partial charge on any atom is -0.486 e. The molecule has 0 aromatic carbocycles. The van der Waals surface area contributed by atoms with Gasteiger partial charge in [-0.05, 0) is 50.9 Å². The number of piperidine rings is 3. The largest absolute Gasteiger partial charge is 0.486 e. The summed E-state index contributed by atoms with van der Waals surface area (Å²) in [7, 11) is 1.64. The summed E-state index contributed by atoms with van der Waals surface area (Å²) in [5.41, 5.74) is 0. The van der Waals surface area contributed by atoms with Gasteiger partial charge in [0.05, 0.1) is 23.1 Å². The van der Waals surface area contributed by atoms with Crippen molar-refractivity contribution in [3.8, 4) is 14.9 Å². The summed E-state index contributed by atoms with van der Waals surface area (Å²) < 4.78 is 5.19. The van der Waals surface area contributed by atoms with Crippen LogP contribution in [0.4, 0.5) is 0 Å². The summed E-state index contributed by atoms with van der Waals surface area (Å²) in [6, 6.07) is 4.57. The van der Waals surface area contributed by atoms with Crippen LogP contribution >= 0.6 is 22.7 Å². The minimum absolute atomic E-state index is 0.0420. The van der Waals surface area contributed by atoms with Gasteiger partial charge in [0.25, 0.3) is 5.91 Å². The number of nitrogens with one attached hydrogen (secondary N) is 1. The van der Waals surface area contributed by atoms with Crippen LogP contribution < -0.4 is 10.1 Å². The summed E-state index contributed by atoms with van der Waals surface area (Å²) in [6.45, 7) is 4.58. The summed E-state index contributed by atoms with van der Waals surface area (Å²) in [4.78, 5) is 21.3. The molecule has 5 heterocycles. The Hall–Kier alpha value is -1.44. The second-order valence-corrected chi connectivity index (χ2v) is 8.54. The van der Waals surface area contributed by atoms with E-state index in [1.807, 2.05) is 12.1 Å². The minimum atomic E-state index is 0.0420. The van der Waals surface area contributed by atoms with Crippen molar-refractivity contribution < 1.29 is 9.53 Å². The second-order valence-electron chi connectivity index (χ2n) is 6.47. The first-order valence-corrected chi connectivity index (χ1v) is 9.94. The van der Waals surface area contributed by atoms with E-state index in [1.165, 1.54) is 48.6 Å². The molecule has 3 aliphatic rings. The third-order valence-electron chi connectivity index (χ3n) is 5.20. The number of methoxy groups -OCH3 is 1. The molecule has 1 N–H and O–H groups in total. The zero-order valence-electron chi connectivity index (χ0n) is 13.8. The molecule has 2 atom stereocenters. The van der Waals surface area contributed by atoms with E-state index in [9.17, 15) is 4.79 Å². The van der Waals surface area contributed by atoms with E-state index in [-0.39, 0.29) is 11.9 Å². The lowest BCUT2D eigenvalue weighted by atomic mass is 9.79. The predicted molar refractivity (Wildman–Crippen MR) is 97.0 cm³/mol. The second kappa shape index (κ2) is 6.46. The Morgan fingerprint density at radius 3 is 2.79 bits per heavy atom. The quantitative estimate of drug-likeness (QED) is 0.907. The molecule has 0 unspecified atom stereocenters. The van der Waals surface area contributed by atoms with Gasteiger partial charge in [-0.25, -0.2) is 4.98 Å². The van der Waals surface area contributed by atoms with Gasteiger partial charge in [-0.15, -0.1) is 11.3 Å². The standard InChI is InChI=1S/C17H21N3O2S2/c1-10-15(11-5-7-20(10)8-6-11)19-16(21)12-3-4-13(23-12)17-18-9-14(22-2)24-17/h3-4,9-11,15H,5-8H2,1-2H3,(H,19,21)/t10-,15-/m0/s1. The molecule has 5 nitrogen and oxygen atoms in total. The van der Waals surface area contributed by atoms with Crippen molar-refractivity contribution in [2.45, 2.75) is 31.8 Å². The predicted octanol–water partition coefficient (Wildman–Crippen LogP) is 3.09. The van der Waals surface area contributed by atoms with E-state index in [4.69, 9.17) is 4.74 Å². The molecule has 3 aliphatic heterocycles.